The molecule has 0 unspecified atom stereocenters. The summed E-state index contributed by atoms with van der Waals surface area (Å²) < 4.78 is 5.37. The molecule has 1 heterocycles. The zero-order valence-electron chi connectivity index (χ0n) is 16.2. The zero-order chi connectivity index (χ0) is 18.2. The highest BCUT2D eigenvalue weighted by molar-refractivity contribution is 5.80. The smallest absolute Gasteiger partial charge is 0.410 e. The molecular weight excluding hydrogens is 306 g/mol. The van der Waals surface area contributed by atoms with Gasteiger partial charge in [-0.2, -0.15) is 0 Å². The van der Waals surface area contributed by atoms with E-state index in [-0.39, 0.29) is 12.1 Å². The summed E-state index contributed by atoms with van der Waals surface area (Å²) in [4.78, 5) is 20.6. The largest absolute Gasteiger partial charge is 0.444 e. The maximum Gasteiger partial charge on any atom is 0.410 e. The van der Waals surface area contributed by atoms with E-state index in [1.807, 2.05) is 20.8 Å². The average Bonchev–Trinajstić information content (AvgIpc) is 2.44. The zero-order valence-corrected chi connectivity index (χ0v) is 16.2. The van der Waals surface area contributed by atoms with E-state index in [9.17, 15) is 4.79 Å². The van der Waals surface area contributed by atoms with Gasteiger partial charge in [-0.3, -0.25) is 4.99 Å². The number of amides is 1. The van der Waals surface area contributed by atoms with Gasteiger partial charge >= 0.3 is 6.09 Å². The Hall–Kier alpha value is -1.50. The Morgan fingerprint density at radius 1 is 1.25 bits per heavy atom. The van der Waals surface area contributed by atoms with Gasteiger partial charge in [-0.1, -0.05) is 13.8 Å². The molecule has 0 aliphatic carbocycles. The van der Waals surface area contributed by atoms with Crippen LogP contribution in [0.5, 0.6) is 0 Å². The molecule has 7 heteroatoms. The van der Waals surface area contributed by atoms with Gasteiger partial charge in [0, 0.05) is 26.2 Å². The van der Waals surface area contributed by atoms with Gasteiger partial charge in [0.2, 0.25) is 0 Å². The van der Waals surface area contributed by atoms with E-state index in [1.54, 1.807) is 4.90 Å². The average molecular weight is 342 g/mol. The van der Waals surface area contributed by atoms with Crippen molar-refractivity contribution in [2.45, 2.75) is 53.2 Å². The molecule has 24 heavy (non-hydrogen) atoms. The lowest BCUT2D eigenvalue weighted by Crippen LogP contribution is -2.63. The van der Waals surface area contributed by atoms with Crippen molar-refractivity contribution < 1.29 is 9.53 Å². The fourth-order valence-electron chi connectivity index (χ4n) is 2.40. The number of rotatable bonds is 7. The lowest BCUT2D eigenvalue weighted by atomic mass is 10.1. The molecule has 2 N–H and O–H groups in total. The van der Waals surface area contributed by atoms with Crippen molar-refractivity contribution >= 4 is 12.1 Å². The molecule has 0 atom stereocenters. The highest BCUT2D eigenvalue weighted by Gasteiger charge is 2.34. The van der Waals surface area contributed by atoms with Crippen LogP contribution in [-0.4, -0.2) is 79.3 Å². The molecule has 140 valence electrons. The van der Waals surface area contributed by atoms with Crippen molar-refractivity contribution in [2.24, 2.45) is 4.99 Å². The number of guanidine groups is 1. The van der Waals surface area contributed by atoms with Gasteiger partial charge in [-0.25, -0.2) is 4.79 Å². The molecule has 1 saturated heterocycles. The van der Waals surface area contributed by atoms with Crippen molar-refractivity contribution in [3.8, 4) is 0 Å². The standard InChI is InChI=1S/C17H35N5O2/c1-7-18-15(19-10-11-21(8-2)9-3)20-14-12-22(13-14)16(23)24-17(4,5)6/h14H,7-13H2,1-6H3,(H2,18,19,20). The Morgan fingerprint density at radius 2 is 1.88 bits per heavy atom. The molecular formula is C17H35N5O2. The summed E-state index contributed by atoms with van der Waals surface area (Å²) in [6.07, 6.45) is -0.246. The Morgan fingerprint density at radius 3 is 2.38 bits per heavy atom. The maximum absolute atomic E-state index is 11.9. The molecule has 0 spiro atoms. The molecule has 0 aromatic heterocycles. The molecule has 0 radical (unpaired) electrons. The minimum absolute atomic E-state index is 0.226. The summed E-state index contributed by atoms with van der Waals surface area (Å²) in [5.74, 6) is 0.818. The first kappa shape index (κ1) is 20.5. The first-order valence-corrected chi connectivity index (χ1v) is 9.04. The predicted molar refractivity (Wildman–Crippen MR) is 98.5 cm³/mol. The van der Waals surface area contributed by atoms with Gasteiger partial charge in [0.15, 0.2) is 5.96 Å². The summed E-state index contributed by atoms with van der Waals surface area (Å²) in [5.41, 5.74) is -0.448. The summed E-state index contributed by atoms with van der Waals surface area (Å²) in [6.45, 7) is 17.9. The number of carbonyl (C=O) groups is 1. The lowest BCUT2D eigenvalue weighted by Gasteiger charge is -2.40. The molecule has 1 fully saturated rings. The normalized spacial score (nSPS) is 16.1. The van der Waals surface area contributed by atoms with Crippen LogP contribution in [0, 0.1) is 0 Å². The van der Waals surface area contributed by atoms with Gasteiger partial charge in [0.05, 0.1) is 12.6 Å². The van der Waals surface area contributed by atoms with Crippen LogP contribution in [0.15, 0.2) is 4.99 Å². The molecule has 0 bridgehead atoms. The number of hydrogen-bond acceptors (Lipinski definition) is 4. The first-order valence-electron chi connectivity index (χ1n) is 9.04. The van der Waals surface area contributed by atoms with E-state index in [0.29, 0.717) is 13.1 Å². The third-order valence-electron chi connectivity index (χ3n) is 3.80. The third-order valence-corrected chi connectivity index (χ3v) is 3.80. The summed E-state index contributed by atoms with van der Waals surface area (Å²) in [6, 6.07) is 0.226. The molecule has 1 rings (SSSR count). The highest BCUT2D eigenvalue weighted by Crippen LogP contribution is 2.15. The van der Waals surface area contributed by atoms with E-state index >= 15 is 0 Å². The number of carbonyl (C=O) groups excluding carboxylic acids is 1. The Kier molecular flexibility index (Phi) is 8.31. The van der Waals surface area contributed by atoms with Crippen molar-refractivity contribution in [3.05, 3.63) is 0 Å². The van der Waals surface area contributed by atoms with Crippen LogP contribution >= 0.6 is 0 Å². The molecule has 1 amide bonds. The van der Waals surface area contributed by atoms with Crippen LogP contribution in [0.2, 0.25) is 0 Å². The number of hydrogen-bond donors (Lipinski definition) is 2. The van der Waals surface area contributed by atoms with Crippen molar-refractivity contribution in [1.82, 2.24) is 20.4 Å². The quantitative estimate of drug-likeness (QED) is 0.542. The second kappa shape index (κ2) is 9.71. The minimum Gasteiger partial charge on any atom is -0.444 e. The third kappa shape index (κ3) is 7.38. The van der Waals surface area contributed by atoms with E-state index in [4.69, 9.17) is 4.74 Å². The molecule has 0 aromatic rings. The number of nitrogens with zero attached hydrogens (tertiary/aromatic N) is 3. The van der Waals surface area contributed by atoms with E-state index < -0.39 is 5.60 Å². The Balaban J connectivity index is 2.38. The van der Waals surface area contributed by atoms with Gasteiger partial charge in [-0.05, 0) is 40.8 Å². The van der Waals surface area contributed by atoms with Gasteiger partial charge in [0.25, 0.3) is 0 Å². The van der Waals surface area contributed by atoms with E-state index in [0.717, 1.165) is 38.7 Å². The van der Waals surface area contributed by atoms with Gasteiger partial charge < -0.3 is 25.2 Å². The minimum atomic E-state index is -0.448. The Labute approximate surface area is 146 Å². The summed E-state index contributed by atoms with van der Waals surface area (Å²) >= 11 is 0. The fourth-order valence-corrected chi connectivity index (χ4v) is 2.40. The topological polar surface area (TPSA) is 69.2 Å². The highest BCUT2D eigenvalue weighted by atomic mass is 16.6. The second-order valence-corrected chi connectivity index (χ2v) is 7.01. The van der Waals surface area contributed by atoms with Crippen LogP contribution in [0.25, 0.3) is 0 Å². The molecule has 7 nitrogen and oxygen atoms in total. The first-order chi connectivity index (χ1) is 11.3. The van der Waals surface area contributed by atoms with Gasteiger partial charge in [-0.15, -0.1) is 0 Å². The number of likely N-dealkylation sites (tertiary alicyclic amines) is 1. The van der Waals surface area contributed by atoms with Crippen LogP contribution in [0.3, 0.4) is 0 Å². The van der Waals surface area contributed by atoms with Crippen molar-refractivity contribution in [2.75, 3.05) is 45.8 Å². The van der Waals surface area contributed by atoms with Crippen molar-refractivity contribution in [3.63, 3.8) is 0 Å². The summed E-state index contributed by atoms with van der Waals surface area (Å²) in [5, 5.41) is 6.64. The Bertz CT molecular complexity index is 410. The number of likely N-dealkylation sites (N-methyl/N-ethyl adjacent to an activating group) is 1. The van der Waals surface area contributed by atoms with Crippen LogP contribution in [0.4, 0.5) is 4.79 Å². The molecule has 0 saturated carbocycles. The van der Waals surface area contributed by atoms with Crippen molar-refractivity contribution in [1.29, 1.82) is 0 Å². The van der Waals surface area contributed by atoms with Crippen LogP contribution in [-0.2, 0) is 4.74 Å². The number of aliphatic imine (C=N–C) groups is 1. The van der Waals surface area contributed by atoms with Crippen LogP contribution < -0.4 is 10.6 Å². The van der Waals surface area contributed by atoms with Gasteiger partial charge in [0.1, 0.15) is 5.60 Å². The molecule has 1 aliphatic rings. The van der Waals surface area contributed by atoms with E-state index in [2.05, 4.69) is 41.3 Å². The van der Waals surface area contributed by atoms with E-state index in [1.165, 1.54) is 0 Å². The number of nitrogens with one attached hydrogen (secondary N) is 2. The van der Waals surface area contributed by atoms with Crippen LogP contribution in [0.1, 0.15) is 41.5 Å². The monoisotopic (exact) mass is 341 g/mol. The SMILES string of the molecule is CCNC(=NCCN(CC)CC)NC1CN(C(=O)OC(C)(C)C)C1. The second-order valence-electron chi connectivity index (χ2n) is 7.01. The molecule has 0 aromatic carbocycles. The summed E-state index contributed by atoms with van der Waals surface area (Å²) in [7, 11) is 0. The predicted octanol–water partition coefficient (Wildman–Crippen LogP) is 1.50. The number of ether oxygens (including phenoxy) is 1. The maximum atomic E-state index is 11.9. The fraction of sp³-hybridized carbons (Fsp3) is 0.882. The molecule has 1 aliphatic heterocycles. The lowest BCUT2D eigenvalue weighted by molar-refractivity contribution is 0.00701.